The molecule has 4 nitrogen and oxygen atoms in total. The summed E-state index contributed by atoms with van der Waals surface area (Å²) in [7, 11) is 0. The van der Waals surface area contributed by atoms with E-state index in [1.165, 1.54) is 17.2 Å². The van der Waals surface area contributed by atoms with Crippen LogP contribution in [0.3, 0.4) is 0 Å². The van der Waals surface area contributed by atoms with Gasteiger partial charge in [-0.15, -0.1) is 0 Å². The van der Waals surface area contributed by atoms with E-state index in [9.17, 15) is 4.79 Å². The molecule has 4 N–H and O–H groups in total. The van der Waals surface area contributed by atoms with Gasteiger partial charge in [0.25, 0.3) is 0 Å². The van der Waals surface area contributed by atoms with Crippen molar-refractivity contribution in [3.8, 4) is 0 Å². The molecule has 1 amide bonds. The molecule has 0 aromatic heterocycles. The molecule has 0 spiro atoms. The molecular formula is C25H29N3O. The zero-order valence-corrected chi connectivity index (χ0v) is 17.3. The molecule has 29 heavy (non-hydrogen) atoms. The third-order valence-corrected chi connectivity index (χ3v) is 4.17. The molecule has 0 saturated heterocycles. The second-order valence-corrected chi connectivity index (χ2v) is 6.37. The van der Waals surface area contributed by atoms with E-state index in [1.807, 2.05) is 50.2 Å². The molecule has 0 bridgehead atoms. The van der Waals surface area contributed by atoms with Gasteiger partial charge >= 0.3 is 0 Å². The van der Waals surface area contributed by atoms with E-state index in [-0.39, 0.29) is 5.91 Å². The van der Waals surface area contributed by atoms with Gasteiger partial charge in [-0.2, -0.15) is 0 Å². The Labute approximate surface area is 173 Å². The first-order valence-electron chi connectivity index (χ1n) is 9.83. The van der Waals surface area contributed by atoms with Crippen LogP contribution in [0.2, 0.25) is 0 Å². The molecule has 0 radical (unpaired) electrons. The molecule has 4 heteroatoms. The number of carbonyl (C=O) groups is 1. The van der Waals surface area contributed by atoms with Crippen LogP contribution < -0.4 is 16.4 Å². The van der Waals surface area contributed by atoms with Gasteiger partial charge in [-0.05, 0) is 48.4 Å². The second-order valence-electron chi connectivity index (χ2n) is 6.37. The summed E-state index contributed by atoms with van der Waals surface area (Å²) in [4.78, 5) is 12.0. The minimum absolute atomic E-state index is 0.210. The van der Waals surface area contributed by atoms with Gasteiger partial charge in [0.1, 0.15) is 0 Å². The SMILES string of the molecule is CC.Cc1ccc(NCc2ccc(/C=C/C(=O)Nc3ccccc3N)cc2)cc1. The highest BCUT2D eigenvalue weighted by Gasteiger charge is 2.01. The van der Waals surface area contributed by atoms with Crippen molar-refractivity contribution in [2.24, 2.45) is 0 Å². The summed E-state index contributed by atoms with van der Waals surface area (Å²) in [5.74, 6) is -0.210. The Balaban J connectivity index is 0.00000145. The van der Waals surface area contributed by atoms with Crippen molar-refractivity contribution in [3.05, 3.63) is 95.6 Å². The monoisotopic (exact) mass is 387 g/mol. The number of amides is 1. The van der Waals surface area contributed by atoms with Gasteiger partial charge in [0, 0.05) is 18.3 Å². The zero-order chi connectivity index (χ0) is 21.1. The van der Waals surface area contributed by atoms with Crippen molar-refractivity contribution in [2.75, 3.05) is 16.4 Å². The van der Waals surface area contributed by atoms with E-state index in [0.29, 0.717) is 11.4 Å². The molecule has 0 aliphatic heterocycles. The lowest BCUT2D eigenvalue weighted by Gasteiger charge is -2.07. The summed E-state index contributed by atoms with van der Waals surface area (Å²) < 4.78 is 0. The minimum Gasteiger partial charge on any atom is -0.397 e. The van der Waals surface area contributed by atoms with E-state index in [1.54, 1.807) is 18.2 Å². The van der Waals surface area contributed by atoms with Gasteiger partial charge in [0.2, 0.25) is 5.91 Å². The van der Waals surface area contributed by atoms with Gasteiger partial charge in [0.15, 0.2) is 0 Å². The maximum Gasteiger partial charge on any atom is 0.248 e. The number of benzene rings is 3. The molecule has 0 fully saturated rings. The molecule has 0 saturated carbocycles. The van der Waals surface area contributed by atoms with Crippen LogP contribution in [0.25, 0.3) is 6.08 Å². The van der Waals surface area contributed by atoms with Crippen LogP contribution in [0.1, 0.15) is 30.5 Å². The van der Waals surface area contributed by atoms with Crippen molar-refractivity contribution in [1.29, 1.82) is 0 Å². The number of nitrogen functional groups attached to an aromatic ring is 1. The quantitative estimate of drug-likeness (QED) is 0.366. The fraction of sp³-hybridized carbons (Fsp3) is 0.160. The number of para-hydroxylation sites is 2. The molecule has 0 heterocycles. The molecule has 3 aromatic rings. The standard InChI is InChI=1S/C23H23N3O.C2H6/c1-17-6-13-20(14-7-17)25-16-19-10-8-18(9-11-19)12-15-23(27)26-22-5-3-2-4-21(22)24;1-2/h2-15,25H,16,24H2,1H3,(H,26,27);1-2H3/b15-12+;. The fourth-order valence-corrected chi connectivity index (χ4v) is 2.58. The maximum atomic E-state index is 12.0. The normalized spacial score (nSPS) is 10.2. The summed E-state index contributed by atoms with van der Waals surface area (Å²) in [6, 6.07) is 23.6. The van der Waals surface area contributed by atoms with E-state index in [4.69, 9.17) is 5.73 Å². The number of carbonyl (C=O) groups excluding carboxylic acids is 1. The highest BCUT2D eigenvalue weighted by Crippen LogP contribution is 2.17. The molecule has 0 aliphatic rings. The average Bonchev–Trinajstić information content (AvgIpc) is 2.76. The van der Waals surface area contributed by atoms with Crippen LogP contribution in [-0.4, -0.2) is 5.91 Å². The molecule has 0 unspecified atom stereocenters. The Morgan fingerprint density at radius 3 is 2.24 bits per heavy atom. The van der Waals surface area contributed by atoms with E-state index < -0.39 is 0 Å². The van der Waals surface area contributed by atoms with Crippen LogP contribution in [0.5, 0.6) is 0 Å². The fourth-order valence-electron chi connectivity index (χ4n) is 2.58. The number of nitrogens with one attached hydrogen (secondary N) is 2. The lowest BCUT2D eigenvalue weighted by molar-refractivity contribution is -0.111. The first-order valence-corrected chi connectivity index (χ1v) is 9.83. The van der Waals surface area contributed by atoms with Crippen LogP contribution >= 0.6 is 0 Å². The lowest BCUT2D eigenvalue weighted by Crippen LogP contribution is -2.09. The van der Waals surface area contributed by atoms with E-state index in [0.717, 1.165) is 17.8 Å². The van der Waals surface area contributed by atoms with Crippen LogP contribution in [0.4, 0.5) is 17.1 Å². The Morgan fingerprint density at radius 2 is 1.59 bits per heavy atom. The van der Waals surface area contributed by atoms with Gasteiger partial charge < -0.3 is 16.4 Å². The predicted molar refractivity (Wildman–Crippen MR) is 125 cm³/mol. The smallest absolute Gasteiger partial charge is 0.248 e. The van der Waals surface area contributed by atoms with Gasteiger partial charge in [-0.3, -0.25) is 4.79 Å². The molecule has 150 valence electrons. The first kappa shape index (κ1) is 21.8. The van der Waals surface area contributed by atoms with Crippen molar-refractivity contribution in [3.63, 3.8) is 0 Å². The average molecular weight is 388 g/mol. The van der Waals surface area contributed by atoms with Gasteiger partial charge in [-0.25, -0.2) is 0 Å². The molecule has 0 atom stereocenters. The number of anilines is 3. The Bertz CT molecular complexity index is 929. The largest absolute Gasteiger partial charge is 0.397 e. The third kappa shape index (κ3) is 7.18. The molecular weight excluding hydrogens is 358 g/mol. The Morgan fingerprint density at radius 1 is 0.931 bits per heavy atom. The molecule has 0 aliphatic carbocycles. The van der Waals surface area contributed by atoms with E-state index in [2.05, 4.69) is 41.8 Å². The highest BCUT2D eigenvalue weighted by atomic mass is 16.1. The topological polar surface area (TPSA) is 67.2 Å². The third-order valence-electron chi connectivity index (χ3n) is 4.17. The highest BCUT2D eigenvalue weighted by molar-refractivity contribution is 6.03. The first-order chi connectivity index (χ1) is 14.1. The molecule has 3 rings (SSSR count). The minimum atomic E-state index is -0.210. The van der Waals surface area contributed by atoms with Crippen molar-refractivity contribution >= 4 is 29.0 Å². The van der Waals surface area contributed by atoms with Crippen LogP contribution in [0, 0.1) is 6.92 Å². The number of hydrogen-bond acceptors (Lipinski definition) is 3. The Kier molecular flexibility index (Phi) is 8.51. The van der Waals surface area contributed by atoms with Gasteiger partial charge in [0.05, 0.1) is 11.4 Å². The summed E-state index contributed by atoms with van der Waals surface area (Å²) >= 11 is 0. The van der Waals surface area contributed by atoms with Gasteiger partial charge in [-0.1, -0.05) is 67.9 Å². The van der Waals surface area contributed by atoms with E-state index >= 15 is 0 Å². The van der Waals surface area contributed by atoms with Crippen LogP contribution in [0.15, 0.2) is 78.9 Å². The number of rotatable bonds is 6. The summed E-state index contributed by atoms with van der Waals surface area (Å²) in [6.45, 7) is 6.83. The van der Waals surface area contributed by atoms with Crippen LogP contribution in [-0.2, 0) is 11.3 Å². The second kappa shape index (κ2) is 11.3. The summed E-state index contributed by atoms with van der Waals surface area (Å²) in [5, 5.41) is 6.17. The maximum absolute atomic E-state index is 12.0. The number of aryl methyl sites for hydroxylation is 1. The molecule has 3 aromatic carbocycles. The van der Waals surface area contributed by atoms with Crippen molar-refractivity contribution < 1.29 is 4.79 Å². The number of nitrogens with two attached hydrogens (primary N) is 1. The van der Waals surface area contributed by atoms with Crippen molar-refractivity contribution in [1.82, 2.24) is 0 Å². The lowest BCUT2D eigenvalue weighted by atomic mass is 10.1. The zero-order valence-electron chi connectivity index (χ0n) is 17.3. The predicted octanol–water partition coefficient (Wildman–Crippen LogP) is 5.87. The number of hydrogen-bond donors (Lipinski definition) is 3. The summed E-state index contributed by atoms with van der Waals surface area (Å²) in [6.07, 6.45) is 3.29. The summed E-state index contributed by atoms with van der Waals surface area (Å²) in [5.41, 5.74) is 11.5. The van der Waals surface area contributed by atoms with Crippen molar-refractivity contribution in [2.45, 2.75) is 27.3 Å². The Hall–Kier alpha value is -3.53.